The molecule has 0 aliphatic rings. The van der Waals surface area contributed by atoms with Gasteiger partial charge in [-0.05, 0) is 42.7 Å². The van der Waals surface area contributed by atoms with E-state index >= 15 is 0 Å². The second kappa shape index (κ2) is 7.77. The lowest BCUT2D eigenvalue weighted by Gasteiger charge is -2.14. The smallest absolute Gasteiger partial charge is 0.224 e. The van der Waals surface area contributed by atoms with Gasteiger partial charge >= 0.3 is 0 Å². The molecule has 1 N–H and O–H groups in total. The van der Waals surface area contributed by atoms with E-state index in [0.717, 1.165) is 23.3 Å². The number of hydrogen-bond donors (Lipinski definition) is 1. The van der Waals surface area contributed by atoms with Gasteiger partial charge in [0.05, 0.1) is 5.69 Å². The molecular weight excluding hydrogens is 293 g/mol. The number of amides is 1. The summed E-state index contributed by atoms with van der Waals surface area (Å²) < 4.78 is 19.3. The largest absolute Gasteiger partial charge is 0.489 e. The highest BCUT2D eigenvalue weighted by atomic mass is 19.1. The first-order valence-corrected chi connectivity index (χ1v) is 7.84. The van der Waals surface area contributed by atoms with Gasteiger partial charge in [-0.2, -0.15) is 0 Å². The number of anilines is 1. The summed E-state index contributed by atoms with van der Waals surface area (Å²) in [6.45, 7) is 6.13. The summed E-state index contributed by atoms with van der Waals surface area (Å²) in [6.07, 6.45) is 1.32. The van der Waals surface area contributed by atoms with Crippen molar-refractivity contribution in [1.82, 2.24) is 0 Å². The van der Waals surface area contributed by atoms with Crippen LogP contribution < -0.4 is 10.1 Å². The van der Waals surface area contributed by atoms with Crippen LogP contribution in [0.1, 0.15) is 37.0 Å². The van der Waals surface area contributed by atoms with Gasteiger partial charge in [0, 0.05) is 12.0 Å². The molecule has 0 spiro atoms. The Morgan fingerprint density at radius 1 is 1.17 bits per heavy atom. The highest BCUT2D eigenvalue weighted by Gasteiger charge is 2.09. The first-order valence-electron chi connectivity index (χ1n) is 7.84. The number of nitrogens with one attached hydrogen (secondary N) is 1. The van der Waals surface area contributed by atoms with Crippen molar-refractivity contribution in [2.24, 2.45) is 0 Å². The number of rotatable bonds is 6. The van der Waals surface area contributed by atoms with Crippen molar-refractivity contribution in [2.45, 2.75) is 40.2 Å². The number of hydrogen-bond acceptors (Lipinski definition) is 2. The molecule has 122 valence electrons. The number of carbonyl (C=O) groups excluding carboxylic acids is 1. The van der Waals surface area contributed by atoms with Gasteiger partial charge in [0.1, 0.15) is 18.2 Å². The van der Waals surface area contributed by atoms with E-state index in [1.165, 1.54) is 17.7 Å². The first kappa shape index (κ1) is 17.0. The zero-order valence-electron chi connectivity index (χ0n) is 13.8. The highest BCUT2D eigenvalue weighted by molar-refractivity contribution is 5.91. The van der Waals surface area contributed by atoms with E-state index in [1.807, 2.05) is 19.1 Å². The maximum atomic E-state index is 13.4. The van der Waals surface area contributed by atoms with E-state index in [1.54, 1.807) is 13.0 Å². The lowest BCUT2D eigenvalue weighted by molar-refractivity contribution is -0.115. The van der Waals surface area contributed by atoms with Gasteiger partial charge < -0.3 is 10.1 Å². The fourth-order valence-corrected chi connectivity index (χ4v) is 2.28. The van der Waals surface area contributed by atoms with Crippen LogP contribution in [0.15, 0.2) is 36.4 Å². The van der Waals surface area contributed by atoms with Gasteiger partial charge in [-0.3, -0.25) is 4.79 Å². The summed E-state index contributed by atoms with van der Waals surface area (Å²) in [5.74, 6) is 0.253. The predicted molar refractivity (Wildman–Crippen MR) is 90.2 cm³/mol. The molecule has 0 unspecified atom stereocenters. The molecule has 0 bridgehead atoms. The van der Waals surface area contributed by atoms with Gasteiger partial charge in [0.25, 0.3) is 0 Å². The molecule has 2 aromatic rings. The lowest BCUT2D eigenvalue weighted by Crippen LogP contribution is -2.12. The van der Waals surface area contributed by atoms with Gasteiger partial charge in [-0.15, -0.1) is 0 Å². The third-order valence-corrected chi connectivity index (χ3v) is 3.70. The van der Waals surface area contributed by atoms with Crippen LogP contribution in [-0.2, 0) is 17.8 Å². The molecule has 3 nitrogen and oxygen atoms in total. The molecule has 2 rings (SSSR count). The van der Waals surface area contributed by atoms with Crippen molar-refractivity contribution in [3.63, 3.8) is 0 Å². The molecule has 0 heterocycles. The van der Waals surface area contributed by atoms with Crippen LogP contribution in [0.2, 0.25) is 0 Å². The third kappa shape index (κ3) is 4.55. The molecule has 2 aromatic carbocycles. The molecular formula is C19H22FNO2. The zero-order chi connectivity index (χ0) is 16.8. The Balaban J connectivity index is 2.15. The molecule has 0 saturated heterocycles. The van der Waals surface area contributed by atoms with Crippen molar-refractivity contribution in [1.29, 1.82) is 0 Å². The Morgan fingerprint density at radius 3 is 2.61 bits per heavy atom. The van der Waals surface area contributed by atoms with Crippen LogP contribution in [0, 0.1) is 12.7 Å². The van der Waals surface area contributed by atoms with Crippen molar-refractivity contribution in [3.05, 3.63) is 58.9 Å². The number of benzene rings is 2. The summed E-state index contributed by atoms with van der Waals surface area (Å²) in [5.41, 5.74) is 3.52. The molecule has 0 aliphatic carbocycles. The van der Waals surface area contributed by atoms with Crippen LogP contribution in [0.5, 0.6) is 5.75 Å². The molecule has 0 saturated carbocycles. The Bertz CT molecular complexity index is 698. The van der Waals surface area contributed by atoms with Crippen LogP contribution >= 0.6 is 0 Å². The van der Waals surface area contributed by atoms with Crippen molar-refractivity contribution in [2.75, 3.05) is 5.32 Å². The predicted octanol–water partition coefficient (Wildman–Crippen LogP) is 4.62. The summed E-state index contributed by atoms with van der Waals surface area (Å²) >= 11 is 0. The van der Waals surface area contributed by atoms with E-state index < -0.39 is 0 Å². The maximum absolute atomic E-state index is 13.4. The Labute approximate surface area is 136 Å². The van der Waals surface area contributed by atoms with Gasteiger partial charge in [0.2, 0.25) is 5.91 Å². The lowest BCUT2D eigenvalue weighted by atomic mass is 10.1. The summed E-state index contributed by atoms with van der Waals surface area (Å²) in [6, 6.07) is 10.4. The summed E-state index contributed by atoms with van der Waals surface area (Å²) in [5, 5.41) is 2.71. The van der Waals surface area contributed by atoms with Gasteiger partial charge in [-0.25, -0.2) is 4.39 Å². The SMILES string of the molecule is CCC(=O)Nc1cc(F)ccc1COc1ccc(CC)cc1C. The average Bonchev–Trinajstić information content (AvgIpc) is 2.54. The number of halogens is 1. The Hall–Kier alpha value is -2.36. The minimum atomic E-state index is -0.386. The van der Waals surface area contributed by atoms with Crippen LogP contribution in [0.25, 0.3) is 0 Å². The molecule has 1 amide bonds. The minimum Gasteiger partial charge on any atom is -0.489 e. The van der Waals surface area contributed by atoms with Gasteiger partial charge in [0.15, 0.2) is 0 Å². The van der Waals surface area contributed by atoms with Crippen molar-refractivity contribution >= 4 is 11.6 Å². The number of ether oxygens (including phenoxy) is 1. The van der Waals surface area contributed by atoms with Gasteiger partial charge in [-0.1, -0.05) is 32.0 Å². The van der Waals surface area contributed by atoms with Crippen molar-refractivity contribution < 1.29 is 13.9 Å². The number of aryl methyl sites for hydroxylation is 2. The quantitative estimate of drug-likeness (QED) is 0.844. The normalized spacial score (nSPS) is 10.4. The van der Waals surface area contributed by atoms with E-state index in [4.69, 9.17) is 4.74 Å². The fourth-order valence-electron chi connectivity index (χ4n) is 2.28. The molecule has 0 fully saturated rings. The Morgan fingerprint density at radius 2 is 1.96 bits per heavy atom. The Kier molecular flexibility index (Phi) is 5.74. The summed E-state index contributed by atoms with van der Waals surface area (Å²) in [7, 11) is 0. The second-order valence-electron chi connectivity index (χ2n) is 5.45. The maximum Gasteiger partial charge on any atom is 0.224 e. The zero-order valence-corrected chi connectivity index (χ0v) is 13.8. The molecule has 0 radical (unpaired) electrons. The molecule has 23 heavy (non-hydrogen) atoms. The van der Waals surface area contributed by atoms with E-state index in [2.05, 4.69) is 18.3 Å². The minimum absolute atomic E-state index is 0.152. The highest BCUT2D eigenvalue weighted by Crippen LogP contribution is 2.23. The van der Waals surface area contributed by atoms with Crippen LogP contribution in [0.3, 0.4) is 0 Å². The van der Waals surface area contributed by atoms with E-state index in [-0.39, 0.29) is 18.3 Å². The standard InChI is InChI=1S/C19H22FNO2/c1-4-14-6-9-18(13(3)10-14)23-12-15-7-8-16(20)11-17(15)21-19(22)5-2/h6-11H,4-5,12H2,1-3H3,(H,21,22). The van der Waals surface area contributed by atoms with E-state index in [0.29, 0.717) is 12.1 Å². The fraction of sp³-hybridized carbons (Fsp3) is 0.316. The average molecular weight is 315 g/mol. The molecule has 0 aliphatic heterocycles. The molecule has 0 aromatic heterocycles. The van der Waals surface area contributed by atoms with Crippen LogP contribution in [0.4, 0.5) is 10.1 Å². The second-order valence-corrected chi connectivity index (χ2v) is 5.45. The van der Waals surface area contributed by atoms with Crippen molar-refractivity contribution in [3.8, 4) is 5.75 Å². The molecule has 0 atom stereocenters. The molecule has 4 heteroatoms. The van der Waals surface area contributed by atoms with Crippen LogP contribution in [-0.4, -0.2) is 5.91 Å². The third-order valence-electron chi connectivity index (χ3n) is 3.70. The van der Waals surface area contributed by atoms with E-state index in [9.17, 15) is 9.18 Å². The topological polar surface area (TPSA) is 38.3 Å². The summed E-state index contributed by atoms with van der Waals surface area (Å²) in [4.78, 5) is 11.6. The monoisotopic (exact) mass is 315 g/mol. The number of carbonyl (C=O) groups is 1. The first-order chi connectivity index (χ1) is 11.0.